The number of aromatic amines is 1. The van der Waals surface area contributed by atoms with Crippen molar-refractivity contribution in [3.05, 3.63) is 58.4 Å². The second kappa shape index (κ2) is 9.46. The fourth-order valence-corrected chi connectivity index (χ4v) is 4.53. The van der Waals surface area contributed by atoms with Gasteiger partial charge in [-0.05, 0) is 31.2 Å². The molecule has 2 saturated heterocycles. The molecule has 6 heteroatoms. The van der Waals surface area contributed by atoms with Crippen LogP contribution in [-0.4, -0.2) is 57.1 Å². The summed E-state index contributed by atoms with van der Waals surface area (Å²) in [5.41, 5.74) is 2.21. The highest BCUT2D eigenvalue weighted by atomic mass is 16.5. The van der Waals surface area contributed by atoms with Crippen molar-refractivity contribution < 1.29 is 9.47 Å². The number of morpholine rings is 1. The Kier molecular flexibility index (Phi) is 6.52. The number of nitrogens with one attached hydrogen (secondary N) is 1. The molecule has 0 saturated carbocycles. The van der Waals surface area contributed by atoms with Crippen LogP contribution in [0.25, 0.3) is 0 Å². The monoisotopic (exact) mass is 397 g/mol. The van der Waals surface area contributed by atoms with Crippen LogP contribution < -0.4 is 15.4 Å². The third-order valence-electron chi connectivity index (χ3n) is 6.06. The number of nitrogens with zero attached hydrogens (tertiary/aromatic N) is 2. The largest absolute Gasteiger partial charge is 0.379 e. The third kappa shape index (κ3) is 4.82. The lowest BCUT2D eigenvalue weighted by Crippen LogP contribution is -2.46. The summed E-state index contributed by atoms with van der Waals surface area (Å²) in [6.07, 6.45) is 4.29. The number of anilines is 2. The van der Waals surface area contributed by atoms with Crippen LogP contribution in [0, 0.1) is 0 Å². The smallest absolute Gasteiger partial charge is 0.251 e. The molecule has 1 aromatic carbocycles. The van der Waals surface area contributed by atoms with Crippen molar-refractivity contribution >= 4 is 11.5 Å². The predicted octanol–water partition coefficient (Wildman–Crippen LogP) is 2.83. The van der Waals surface area contributed by atoms with Gasteiger partial charge in [0.25, 0.3) is 5.56 Å². The van der Waals surface area contributed by atoms with Gasteiger partial charge in [-0.15, -0.1) is 0 Å². The lowest BCUT2D eigenvalue weighted by Gasteiger charge is -2.36. The molecular formula is C23H31N3O3. The molecule has 0 aliphatic carbocycles. The SMILES string of the molecule is CO[C@H]1CCCCN(c2cc(N3CCOCC3)cc(=O)[nH]2)[C@@H]1Cc1ccccc1. The van der Waals surface area contributed by atoms with E-state index in [1.54, 1.807) is 13.2 Å². The van der Waals surface area contributed by atoms with Crippen LogP contribution in [0.1, 0.15) is 24.8 Å². The van der Waals surface area contributed by atoms with E-state index in [-0.39, 0.29) is 17.7 Å². The van der Waals surface area contributed by atoms with E-state index in [1.807, 2.05) is 6.07 Å². The van der Waals surface area contributed by atoms with Crippen molar-refractivity contribution in [1.82, 2.24) is 4.98 Å². The normalized spacial score (nSPS) is 23.1. The number of aromatic nitrogens is 1. The van der Waals surface area contributed by atoms with E-state index in [0.29, 0.717) is 13.2 Å². The molecule has 0 amide bonds. The number of hydrogen-bond acceptors (Lipinski definition) is 5. The third-order valence-corrected chi connectivity index (χ3v) is 6.06. The zero-order valence-electron chi connectivity index (χ0n) is 17.2. The summed E-state index contributed by atoms with van der Waals surface area (Å²) in [4.78, 5) is 20.2. The Labute approximate surface area is 172 Å². The standard InChI is InChI=1S/C23H31N3O3/c1-28-21-9-5-6-10-26(20(21)15-18-7-3-2-4-8-18)22-16-19(17-23(27)24-22)25-11-13-29-14-12-25/h2-4,7-8,16-17,20-21H,5-6,9-15H2,1H3,(H,24,27)/t20-,21+/m1/s1. The lowest BCUT2D eigenvalue weighted by atomic mass is 9.98. The maximum Gasteiger partial charge on any atom is 0.251 e. The van der Waals surface area contributed by atoms with Gasteiger partial charge in [0.15, 0.2) is 0 Å². The lowest BCUT2D eigenvalue weighted by molar-refractivity contribution is 0.0741. The minimum absolute atomic E-state index is 0.0549. The van der Waals surface area contributed by atoms with Gasteiger partial charge in [0, 0.05) is 44.6 Å². The predicted molar refractivity (Wildman–Crippen MR) is 116 cm³/mol. The molecule has 4 rings (SSSR count). The highest BCUT2D eigenvalue weighted by Gasteiger charge is 2.31. The molecule has 1 aromatic heterocycles. The Hall–Kier alpha value is -2.31. The molecule has 0 unspecified atom stereocenters. The summed E-state index contributed by atoms with van der Waals surface area (Å²) in [5, 5.41) is 0. The van der Waals surface area contributed by atoms with Crippen LogP contribution >= 0.6 is 0 Å². The fourth-order valence-electron chi connectivity index (χ4n) is 4.53. The second-order valence-corrected chi connectivity index (χ2v) is 7.91. The van der Waals surface area contributed by atoms with E-state index in [9.17, 15) is 4.79 Å². The van der Waals surface area contributed by atoms with Gasteiger partial charge in [-0.1, -0.05) is 30.3 Å². The highest BCUT2D eigenvalue weighted by molar-refractivity contribution is 5.56. The molecule has 2 aromatic rings. The molecule has 6 nitrogen and oxygen atoms in total. The van der Waals surface area contributed by atoms with Crippen LogP contribution in [-0.2, 0) is 15.9 Å². The number of methoxy groups -OCH3 is 1. The number of H-pyrrole nitrogens is 1. The number of pyridine rings is 1. The quantitative estimate of drug-likeness (QED) is 0.841. The van der Waals surface area contributed by atoms with Crippen LogP contribution in [0.2, 0.25) is 0 Å². The van der Waals surface area contributed by atoms with Gasteiger partial charge in [0.2, 0.25) is 0 Å². The van der Waals surface area contributed by atoms with E-state index in [1.165, 1.54) is 5.56 Å². The Balaban J connectivity index is 1.67. The Bertz CT molecular complexity index is 833. The number of hydrogen-bond donors (Lipinski definition) is 1. The maximum atomic E-state index is 12.5. The van der Waals surface area contributed by atoms with Crippen LogP contribution in [0.4, 0.5) is 11.5 Å². The molecule has 2 aliphatic rings. The van der Waals surface area contributed by atoms with Gasteiger partial charge < -0.3 is 24.3 Å². The van der Waals surface area contributed by atoms with Gasteiger partial charge in [-0.2, -0.15) is 0 Å². The van der Waals surface area contributed by atoms with Crippen molar-refractivity contribution in [2.75, 3.05) is 49.8 Å². The summed E-state index contributed by atoms with van der Waals surface area (Å²) >= 11 is 0. The van der Waals surface area contributed by atoms with E-state index in [4.69, 9.17) is 9.47 Å². The number of ether oxygens (including phenoxy) is 2. The van der Waals surface area contributed by atoms with Crippen molar-refractivity contribution in [3.8, 4) is 0 Å². The van der Waals surface area contributed by atoms with E-state index < -0.39 is 0 Å². The minimum Gasteiger partial charge on any atom is -0.379 e. The van der Waals surface area contributed by atoms with Crippen molar-refractivity contribution in [3.63, 3.8) is 0 Å². The first kappa shape index (κ1) is 20.0. The fraction of sp³-hybridized carbons (Fsp3) is 0.522. The summed E-state index contributed by atoms with van der Waals surface area (Å²) < 4.78 is 11.4. The van der Waals surface area contributed by atoms with Crippen LogP contribution in [0.5, 0.6) is 0 Å². The van der Waals surface area contributed by atoms with Crippen LogP contribution in [0.15, 0.2) is 47.3 Å². The second-order valence-electron chi connectivity index (χ2n) is 7.91. The molecular weight excluding hydrogens is 366 g/mol. The molecule has 2 fully saturated rings. The molecule has 29 heavy (non-hydrogen) atoms. The molecule has 0 spiro atoms. The maximum absolute atomic E-state index is 12.5. The molecule has 156 valence electrons. The molecule has 2 aliphatic heterocycles. The minimum atomic E-state index is -0.0549. The van der Waals surface area contributed by atoms with Crippen LogP contribution in [0.3, 0.4) is 0 Å². The van der Waals surface area contributed by atoms with Gasteiger partial charge in [-0.25, -0.2) is 0 Å². The van der Waals surface area contributed by atoms with Gasteiger partial charge >= 0.3 is 0 Å². The number of benzene rings is 1. The summed E-state index contributed by atoms with van der Waals surface area (Å²) in [7, 11) is 1.80. The zero-order chi connectivity index (χ0) is 20.1. The first-order chi connectivity index (χ1) is 14.2. The highest BCUT2D eigenvalue weighted by Crippen LogP contribution is 2.28. The summed E-state index contributed by atoms with van der Waals surface area (Å²) in [6.45, 7) is 3.95. The molecule has 1 N–H and O–H groups in total. The Morgan fingerprint density at radius 2 is 1.90 bits per heavy atom. The van der Waals surface area contributed by atoms with E-state index in [2.05, 4.69) is 45.1 Å². The van der Waals surface area contributed by atoms with Gasteiger partial charge in [-0.3, -0.25) is 4.79 Å². The molecule has 0 bridgehead atoms. The first-order valence-corrected chi connectivity index (χ1v) is 10.6. The zero-order valence-corrected chi connectivity index (χ0v) is 17.2. The Morgan fingerprint density at radius 3 is 2.66 bits per heavy atom. The molecule has 3 heterocycles. The first-order valence-electron chi connectivity index (χ1n) is 10.6. The Morgan fingerprint density at radius 1 is 1.10 bits per heavy atom. The summed E-state index contributed by atoms with van der Waals surface area (Å²) in [5.74, 6) is 0.892. The van der Waals surface area contributed by atoms with E-state index in [0.717, 1.165) is 56.8 Å². The average molecular weight is 398 g/mol. The topological polar surface area (TPSA) is 57.8 Å². The van der Waals surface area contributed by atoms with E-state index >= 15 is 0 Å². The van der Waals surface area contributed by atoms with Crippen molar-refractivity contribution in [2.24, 2.45) is 0 Å². The molecule has 0 radical (unpaired) electrons. The van der Waals surface area contributed by atoms with Gasteiger partial charge in [0.05, 0.1) is 25.4 Å². The van der Waals surface area contributed by atoms with Gasteiger partial charge in [0.1, 0.15) is 5.82 Å². The average Bonchev–Trinajstić information content (AvgIpc) is 2.97. The molecule has 2 atom stereocenters. The number of rotatable bonds is 5. The van der Waals surface area contributed by atoms with Crippen molar-refractivity contribution in [1.29, 1.82) is 0 Å². The van der Waals surface area contributed by atoms with Crippen molar-refractivity contribution in [2.45, 2.75) is 37.8 Å². The summed E-state index contributed by atoms with van der Waals surface area (Å²) in [6, 6.07) is 14.6.